The molecule has 2 aliphatic heterocycles. The molecule has 2 N–H and O–H groups in total. The molecule has 0 saturated heterocycles. The molecule has 0 unspecified atom stereocenters. The minimum atomic E-state index is -0.382. The van der Waals surface area contributed by atoms with Crippen molar-refractivity contribution in [3.63, 3.8) is 0 Å². The number of rotatable bonds is 3. The van der Waals surface area contributed by atoms with Crippen LogP contribution in [0, 0.1) is 0 Å². The molecule has 0 bridgehead atoms. The molecule has 0 aliphatic carbocycles. The van der Waals surface area contributed by atoms with E-state index in [9.17, 15) is 9.59 Å². The summed E-state index contributed by atoms with van der Waals surface area (Å²) in [6, 6.07) is 19.7. The van der Waals surface area contributed by atoms with Crippen LogP contribution in [0.2, 0.25) is 0 Å². The molecule has 0 atom stereocenters. The Labute approximate surface area is 173 Å². The number of nitrogens with one attached hydrogen (secondary N) is 2. The summed E-state index contributed by atoms with van der Waals surface area (Å²) in [5.74, 6) is 1.21. The van der Waals surface area contributed by atoms with E-state index in [4.69, 9.17) is 9.47 Å². The molecule has 0 aromatic heterocycles. The lowest BCUT2D eigenvalue weighted by Gasteiger charge is -2.18. The number of carbonyl (C=O) groups excluding carboxylic acids is 2. The van der Waals surface area contributed by atoms with Gasteiger partial charge >= 0.3 is 6.03 Å². The van der Waals surface area contributed by atoms with Crippen LogP contribution >= 0.6 is 0 Å². The molecule has 0 radical (unpaired) electrons. The van der Waals surface area contributed by atoms with Gasteiger partial charge in [-0.1, -0.05) is 24.3 Å². The Hall–Kier alpha value is -4.00. The molecule has 30 heavy (non-hydrogen) atoms. The first kappa shape index (κ1) is 18.1. The van der Waals surface area contributed by atoms with Crippen molar-refractivity contribution in [3.8, 4) is 11.5 Å². The summed E-state index contributed by atoms with van der Waals surface area (Å²) >= 11 is 0. The molecule has 2 aliphatic rings. The van der Waals surface area contributed by atoms with Gasteiger partial charge in [0.05, 0.1) is 0 Å². The lowest BCUT2D eigenvalue weighted by molar-refractivity contribution is 0.0989. The number of hydrogen-bond acceptors (Lipinski definition) is 4. The van der Waals surface area contributed by atoms with Crippen molar-refractivity contribution >= 4 is 29.0 Å². The maximum absolute atomic E-state index is 12.9. The fraction of sp³-hybridized carbons (Fsp3) is 0.130. The Bertz CT molecular complexity index is 1130. The van der Waals surface area contributed by atoms with Crippen LogP contribution in [0.3, 0.4) is 0 Å². The molecular formula is C23H19N3O4. The van der Waals surface area contributed by atoms with Gasteiger partial charge in [0.2, 0.25) is 6.79 Å². The molecule has 5 rings (SSSR count). The number of anilines is 3. The van der Waals surface area contributed by atoms with E-state index in [-0.39, 0.29) is 18.7 Å². The molecular weight excluding hydrogens is 382 g/mol. The molecule has 7 nitrogen and oxygen atoms in total. The third-order valence-corrected chi connectivity index (χ3v) is 5.14. The fourth-order valence-electron chi connectivity index (χ4n) is 3.67. The lowest BCUT2D eigenvalue weighted by atomic mass is 10.1. The summed E-state index contributed by atoms with van der Waals surface area (Å²) in [4.78, 5) is 27.1. The predicted octanol–water partition coefficient (Wildman–Crippen LogP) is 4.26. The zero-order chi connectivity index (χ0) is 20.5. The predicted molar refractivity (Wildman–Crippen MR) is 113 cm³/mol. The first-order chi connectivity index (χ1) is 14.7. The van der Waals surface area contributed by atoms with Crippen molar-refractivity contribution in [2.45, 2.75) is 6.42 Å². The van der Waals surface area contributed by atoms with Gasteiger partial charge in [0.25, 0.3) is 5.91 Å². The van der Waals surface area contributed by atoms with Crippen molar-refractivity contribution < 1.29 is 19.1 Å². The third kappa shape index (κ3) is 3.41. The molecule has 0 fully saturated rings. The highest BCUT2D eigenvalue weighted by Gasteiger charge is 2.26. The first-order valence-electron chi connectivity index (χ1n) is 9.65. The van der Waals surface area contributed by atoms with Crippen molar-refractivity contribution in [1.82, 2.24) is 0 Å². The Kier molecular flexibility index (Phi) is 4.48. The van der Waals surface area contributed by atoms with Crippen LogP contribution < -0.4 is 25.0 Å². The van der Waals surface area contributed by atoms with Gasteiger partial charge in [0.15, 0.2) is 11.5 Å². The second-order valence-electron chi connectivity index (χ2n) is 7.06. The van der Waals surface area contributed by atoms with Crippen LogP contribution in [0.15, 0.2) is 66.7 Å². The highest BCUT2D eigenvalue weighted by Crippen LogP contribution is 2.35. The van der Waals surface area contributed by atoms with Gasteiger partial charge in [0.1, 0.15) is 0 Å². The Morgan fingerprint density at radius 2 is 1.57 bits per heavy atom. The monoisotopic (exact) mass is 401 g/mol. The summed E-state index contributed by atoms with van der Waals surface area (Å²) in [5, 5.41) is 5.61. The third-order valence-electron chi connectivity index (χ3n) is 5.14. The highest BCUT2D eigenvalue weighted by molar-refractivity contribution is 6.08. The number of carbonyl (C=O) groups is 2. The number of benzene rings is 3. The standard InChI is InChI=1S/C23H19N3O4/c27-22(16-4-2-1-3-5-16)26-11-10-15-6-7-17(12-19(15)26)24-23(28)25-18-8-9-20-21(13-18)30-14-29-20/h1-9,12-13H,10-11,14H2,(H2,24,25,28). The van der Waals surface area contributed by atoms with E-state index in [1.54, 1.807) is 35.2 Å². The average molecular weight is 401 g/mol. The van der Waals surface area contributed by atoms with Crippen LogP contribution in [0.5, 0.6) is 11.5 Å². The zero-order valence-electron chi connectivity index (χ0n) is 16.1. The van der Waals surface area contributed by atoms with E-state index in [1.165, 1.54) is 0 Å². The van der Waals surface area contributed by atoms with Crippen molar-refractivity contribution in [2.24, 2.45) is 0 Å². The fourth-order valence-corrected chi connectivity index (χ4v) is 3.67. The largest absolute Gasteiger partial charge is 0.454 e. The molecule has 0 spiro atoms. The number of amides is 3. The normalized spacial score (nSPS) is 13.7. The van der Waals surface area contributed by atoms with E-state index in [0.717, 1.165) is 17.7 Å². The first-order valence-corrected chi connectivity index (χ1v) is 9.65. The number of urea groups is 1. The van der Waals surface area contributed by atoms with E-state index in [2.05, 4.69) is 10.6 Å². The summed E-state index contributed by atoms with van der Waals surface area (Å²) in [6.45, 7) is 0.800. The van der Waals surface area contributed by atoms with Gasteiger partial charge in [-0.05, 0) is 48.4 Å². The van der Waals surface area contributed by atoms with Gasteiger partial charge in [-0.3, -0.25) is 4.79 Å². The molecule has 3 aromatic rings. The second-order valence-corrected chi connectivity index (χ2v) is 7.06. The second kappa shape index (κ2) is 7.44. The average Bonchev–Trinajstić information content (AvgIpc) is 3.40. The van der Waals surface area contributed by atoms with E-state index < -0.39 is 0 Å². The number of fused-ring (bicyclic) bond motifs is 2. The molecule has 150 valence electrons. The highest BCUT2D eigenvalue weighted by atomic mass is 16.7. The Morgan fingerprint density at radius 3 is 2.40 bits per heavy atom. The number of hydrogen-bond donors (Lipinski definition) is 2. The Morgan fingerprint density at radius 1 is 0.833 bits per heavy atom. The lowest BCUT2D eigenvalue weighted by Crippen LogP contribution is -2.29. The van der Waals surface area contributed by atoms with Gasteiger partial charge in [-0.25, -0.2) is 4.79 Å². The number of ether oxygens (including phenoxy) is 2. The van der Waals surface area contributed by atoms with Gasteiger partial charge in [-0.2, -0.15) is 0 Å². The molecule has 7 heteroatoms. The summed E-state index contributed by atoms with van der Waals surface area (Å²) in [7, 11) is 0. The Balaban J connectivity index is 1.31. The van der Waals surface area contributed by atoms with Crippen LogP contribution in [0.1, 0.15) is 15.9 Å². The van der Waals surface area contributed by atoms with Gasteiger partial charge in [0, 0.05) is 35.2 Å². The van der Waals surface area contributed by atoms with Crippen LogP contribution in [-0.2, 0) is 6.42 Å². The van der Waals surface area contributed by atoms with Gasteiger partial charge < -0.3 is 25.0 Å². The minimum absolute atomic E-state index is 0.0451. The van der Waals surface area contributed by atoms with Crippen LogP contribution in [0.25, 0.3) is 0 Å². The maximum atomic E-state index is 12.9. The summed E-state index contributed by atoms with van der Waals surface area (Å²) in [6.07, 6.45) is 0.789. The van der Waals surface area contributed by atoms with Gasteiger partial charge in [-0.15, -0.1) is 0 Å². The SMILES string of the molecule is O=C(Nc1ccc2c(c1)OCO2)Nc1ccc2c(c1)N(C(=O)c1ccccc1)CC2. The smallest absolute Gasteiger partial charge is 0.323 e. The topological polar surface area (TPSA) is 79.9 Å². The molecule has 3 aromatic carbocycles. The summed E-state index contributed by atoms with van der Waals surface area (Å²) in [5.41, 5.74) is 3.76. The molecule has 3 amide bonds. The van der Waals surface area contributed by atoms with E-state index in [0.29, 0.717) is 35.0 Å². The van der Waals surface area contributed by atoms with Crippen LogP contribution in [0.4, 0.5) is 21.9 Å². The van der Waals surface area contributed by atoms with E-state index in [1.807, 2.05) is 36.4 Å². The zero-order valence-corrected chi connectivity index (χ0v) is 16.1. The minimum Gasteiger partial charge on any atom is -0.454 e. The molecule has 2 heterocycles. The maximum Gasteiger partial charge on any atom is 0.323 e. The van der Waals surface area contributed by atoms with Crippen molar-refractivity contribution in [2.75, 3.05) is 28.9 Å². The summed E-state index contributed by atoms with van der Waals surface area (Å²) < 4.78 is 10.6. The van der Waals surface area contributed by atoms with Crippen molar-refractivity contribution in [1.29, 1.82) is 0 Å². The van der Waals surface area contributed by atoms with Crippen molar-refractivity contribution in [3.05, 3.63) is 77.9 Å². The molecule has 0 saturated carbocycles. The number of nitrogens with zero attached hydrogens (tertiary/aromatic N) is 1. The quantitative estimate of drug-likeness (QED) is 0.687. The van der Waals surface area contributed by atoms with Crippen LogP contribution in [-0.4, -0.2) is 25.3 Å². The van der Waals surface area contributed by atoms with E-state index >= 15 is 0 Å².